The number of para-hydroxylation sites is 1. The van der Waals surface area contributed by atoms with E-state index in [9.17, 15) is 4.79 Å². The zero-order valence-electron chi connectivity index (χ0n) is 9.91. The lowest BCUT2D eigenvalue weighted by Gasteiger charge is -2.13. The summed E-state index contributed by atoms with van der Waals surface area (Å²) in [5, 5.41) is 2.69. The largest absolute Gasteiger partial charge is 0.291 e. The third-order valence-corrected chi connectivity index (χ3v) is 4.10. The van der Waals surface area contributed by atoms with E-state index in [1.54, 1.807) is 22.2 Å². The molecule has 0 radical (unpaired) electrons. The number of benzene rings is 1. The average molecular weight is 256 g/mol. The highest BCUT2D eigenvalue weighted by Gasteiger charge is 2.12. The van der Waals surface area contributed by atoms with E-state index in [1.807, 2.05) is 48.7 Å². The van der Waals surface area contributed by atoms with Crippen LogP contribution in [-0.4, -0.2) is 9.55 Å². The van der Waals surface area contributed by atoms with Gasteiger partial charge in [0.2, 0.25) is 0 Å². The van der Waals surface area contributed by atoms with Crippen LogP contribution in [0.15, 0.2) is 52.9 Å². The van der Waals surface area contributed by atoms with Crippen LogP contribution in [0.3, 0.4) is 0 Å². The standard InChI is InChI=1S/C14H12N2OS/c1-10(13-7-4-8-18-13)16-9-15-12-6-3-2-5-11(12)14(16)17/h2-10H,1H3. The van der Waals surface area contributed by atoms with Gasteiger partial charge < -0.3 is 0 Å². The average Bonchev–Trinajstić information content (AvgIpc) is 2.93. The van der Waals surface area contributed by atoms with Crippen LogP contribution in [0, 0.1) is 0 Å². The number of fused-ring (bicyclic) bond motifs is 1. The van der Waals surface area contributed by atoms with E-state index in [-0.39, 0.29) is 11.6 Å². The molecule has 3 nitrogen and oxygen atoms in total. The molecule has 1 aromatic carbocycles. The topological polar surface area (TPSA) is 34.9 Å². The molecule has 0 N–H and O–H groups in total. The van der Waals surface area contributed by atoms with Crippen LogP contribution in [-0.2, 0) is 0 Å². The highest BCUT2D eigenvalue weighted by molar-refractivity contribution is 7.10. The van der Waals surface area contributed by atoms with Crippen molar-refractivity contribution in [3.63, 3.8) is 0 Å². The molecule has 0 saturated heterocycles. The third-order valence-electron chi connectivity index (χ3n) is 3.06. The molecule has 3 aromatic rings. The summed E-state index contributed by atoms with van der Waals surface area (Å²) in [7, 11) is 0. The van der Waals surface area contributed by atoms with Gasteiger partial charge in [-0.1, -0.05) is 18.2 Å². The molecule has 18 heavy (non-hydrogen) atoms. The summed E-state index contributed by atoms with van der Waals surface area (Å²) in [5.74, 6) is 0. The molecule has 0 amide bonds. The number of hydrogen-bond acceptors (Lipinski definition) is 3. The lowest BCUT2D eigenvalue weighted by atomic mass is 10.2. The van der Waals surface area contributed by atoms with E-state index < -0.39 is 0 Å². The highest BCUT2D eigenvalue weighted by Crippen LogP contribution is 2.21. The summed E-state index contributed by atoms with van der Waals surface area (Å²) in [6.45, 7) is 2.02. The van der Waals surface area contributed by atoms with Gasteiger partial charge >= 0.3 is 0 Å². The van der Waals surface area contributed by atoms with Gasteiger partial charge in [0, 0.05) is 4.88 Å². The maximum atomic E-state index is 12.4. The Kier molecular flexibility index (Phi) is 2.72. The molecule has 4 heteroatoms. The monoisotopic (exact) mass is 256 g/mol. The van der Waals surface area contributed by atoms with Gasteiger partial charge in [0.15, 0.2) is 0 Å². The fourth-order valence-electron chi connectivity index (χ4n) is 2.02. The molecule has 2 heterocycles. The second-order valence-electron chi connectivity index (χ2n) is 4.17. The zero-order chi connectivity index (χ0) is 12.5. The molecule has 0 fully saturated rings. The molecule has 0 bridgehead atoms. The smallest absolute Gasteiger partial charge is 0.261 e. The van der Waals surface area contributed by atoms with E-state index in [1.165, 1.54) is 0 Å². The van der Waals surface area contributed by atoms with E-state index in [4.69, 9.17) is 0 Å². The lowest BCUT2D eigenvalue weighted by Crippen LogP contribution is -2.23. The van der Waals surface area contributed by atoms with Crippen molar-refractivity contribution in [3.05, 3.63) is 63.3 Å². The third kappa shape index (κ3) is 1.75. The van der Waals surface area contributed by atoms with Gasteiger partial charge in [-0.05, 0) is 30.5 Å². The predicted molar refractivity (Wildman–Crippen MR) is 74.1 cm³/mol. The Morgan fingerprint density at radius 3 is 2.83 bits per heavy atom. The second kappa shape index (κ2) is 4.38. The number of thiophene rings is 1. The molecule has 3 rings (SSSR count). The zero-order valence-corrected chi connectivity index (χ0v) is 10.7. The van der Waals surface area contributed by atoms with E-state index in [2.05, 4.69) is 4.98 Å². The Balaban J connectivity index is 2.19. The summed E-state index contributed by atoms with van der Waals surface area (Å²) < 4.78 is 1.69. The van der Waals surface area contributed by atoms with Crippen LogP contribution in [0.5, 0.6) is 0 Å². The first kappa shape index (κ1) is 11.2. The van der Waals surface area contributed by atoms with Crippen LogP contribution >= 0.6 is 11.3 Å². The molecular weight excluding hydrogens is 244 g/mol. The maximum absolute atomic E-state index is 12.4. The molecule has 0 aliphatic heterocycles. The Bertz CT molecular complexity index is 731. The normalized spacial score (nSPS) is 12.7. The first-order valence-electron chi connectivity index (χ1n) is 5.76. The summed E-state index contributed by atoms with van der Waals surface area (Å²) in [6.07, 6.45) is 1.63. The number of aromatic nitrogens is 2. The molecule has 0 aliphatic carbocycles. The van der Waals surface area contributed by atoms with Gasteiger partial charge in [0.1, 0.15) is 0 Å². The minimum absolute atomic E-state index is 0.0153. The van der Waals surface area contributed by atoms with Gasteiger partial charge in [0.25, 0.3) is 5.56 Å². The summed E-state index contributed by atoms with van der Waals surface area (Å²) in [6, 6.07) is 11.5. The first-order valence-corrected chi connectivity index (χ1v) is 6.64. The first-order chi connectivity index (χ1) is 8.77. The van der Waals surface area contributed by atoms with Crippen LogP contribution in [0.1, 0.15) is 17.8 Å². The van der Waals surface area contributed by atoms with Crippen molar-refractivity contribution in [2.24, 2.45) is 0 Å². The van der Waals surface area contributed by atoms with Crippen LogP contribution < -0.4 is 5.56 Å². The minimum atomic E-state index is 0.0153. The summed E-state index contributed by atoms with van der Waals surface area (Å²) in [5.41, 5.74) is 0.763. The molecule has 0 spiro atoms. The Labute approximate surface area is 108 Å². The molecule has 1 unspecified atom stereocenters. The predicted octanol–water partition coefficient (Wildman–Crippen LogP) is 3.07. The Morgan fingerprint density at radius 2 is 2.06 bits per heavy atom. The van der Waals surface area contributed by atoms with Crippen molar-refractivity contribution < 1.29 is 0 Å². The van der Waals surface area contributed by atoms with E-state index >= 15 is 0 Å². The summed E-state index contributed by atoms with van der Waals surface area (Å²) >= 11 is 1.65. The summed E-state index contributed by atoms with van der Waals surface area (Å²) in [4.78, 5) is 17.9. The Morgan fingerprint density at radius 1 is 1.22 bits per heavy atom. The second-order valence-corrected chi connectivity index (χ2v) is 5.14. The minimum Gasteiger partial charge on any atom is -0.291 e. The molecule has 0 aliphatic rings. The molecule has 0 saturated carbocycles. The lowest BCUT2D eigenvalue weighted by molar-refractivity contribution is 0.618. The van der Waals surface area contributed by atoms with Gasteiger partial charge in [-0.2, -0.15) is 0 Å². The van der Waals surface area contributed by atoms with Gasteiger partial charge in [-0.25, -0.2) is 4.98 Å². The molecular formula is C14H12N2OS. The SMILES string of the molecule is CC(c1cccs1)n1cnc2ccccc2c1=O. The van der Waals surface area contributed by atoms with Crippen molar-refractivity contribution in [2.75, 3.05) is 0 Å². The fraction of sp³-hybridized carbons (Fsp3) is 0.143. The molecule has 90 valence electrons. The maximum Gasteiger partial charge on any atom is 0.261 e. The highest BCUT2D eigenvalue weighted by atomic mass is 32.1. The quantitative estimate of drug-likeness (QED) is 0.706. The van der Waals surface area contributed by atoms with Crippen LogP contribution in [0.4, 0.5) is 0 Å². The van der Waals surface area contributed by atoms with Crippen molar-refractivity contribution in [1.29, 1.82) is 0 Å². The van der Waals surface area contributed by atoms with Gasteiger partial charge in [-0.15, -0.1) is 11.3 Å². The molecule has 1 atom stereocenters. The van der Waals surface area contributed by atoms with E-state index in [0.29, 0.717) is 5.39 Å². The van der Waals surface area contributed by atoms with Crippen LogP contribution in [0.2, 0.25) is 0 Å². The van der Waals surface area contributed by atoms with Gasteiger partial charge in [0.05, 0.1) is 23.3 Å². The Hall–Kier alpha value is -1.94. The van der Waals surface area contributed by atoms with E-state index in [0.717, 1.165) is 10.4 Å². The van der Waals surface area contributed by atoms with Crippen molar-refractivity contribution in [3.8, 4) is 0 Å². The van der Waals surface area contributed by atoms with Crippen molar-refractivity contribution >= 4 is 22.2 Å². The molecule has 2 aromatic heterocycles. The van der Waals surface area contributed by atoms with Crippen LogP contribution in [0.25, 0.3) is 10.9 Å². The number of hydrogen-bond donors (Lipinski definition) is 0. The van der Waals surface area contributed by atoms with Crippen molar-refractivity contribution in [1.82, 2.24) is 9.55 Å². The number of nitrogens with zero attached hydrogens (tertiary/aromatic N) is 2. The van der Waals surface area contributed by atoms with Gasteiger partial charge in [-0.3, -0.25) is 9.36 Å². The fourth-order valence-corrected chi connectivity index (χ4v) is 2.81. The van der Waals surface area contributed by atoms with Crippen molar-refractivity contribution in [2.45, 2.75) is 13.0 Å². The number of rotatable bonds is 2.